The van der Waals surface area contributed by atoms with Crippen LogP contribution in [0.3, 0.4) is 0 Å². The number of halogens is 1. The molecule has 2 aromatic heterocycles. The maximum absolute atomic E-state index is 12.7. The van der Waals surface area contributed by atoms with Crippen LogP contribution < -0.4 is 10.3 Å². The van der Waals surface area contributed by atoms with Crippen molar-refractivity contribution in [2.75, 3.05) is 0 Å². The van der Waals surface area contributed by atoms with E-state index in [0.717, 1.165) is 28.1 Å². The zero-order chi connectivity index (χ0) is 20.0. The Bertz CT molecular complexity index is 1250. The first kappa shape index (κ1) is 18.0. The minimum atomic E-state index is -0.0915. The summed E-state index contributed by atoms with van der Waals surface area (Å²) in [4.78, 5) is 17.5. The monoisotopic (exact) mass is 405 g/mol. The largest absolute Gasteiger partial charge is 0.489 e. The predicted molar refractivity (Wildman–Crippen MR) is 114 cm³/mol. The van der Waals surface area contributed by atoms with Gasteiger partial charge in [0.05, 0.1) is 16.7 Å². The first-order chi connectivity index (χ1) is 14.1. The van der Waals surface area contributed by atoms with E-state index in [2.05, 4.69) is 4.57 Å². The zero-order valence-corrected chi connectivity index (χ0v) is 16.8. The molecule has 0 aliphatic heterocycles. The summed E-state index contributed by atoms with van der Waals surface area (Å²) in [6.45, 7) is 0.323. The van der Waals surface area contributed by atoms with Crippen molar-refractivity contribution < 1.29 is 4.74 Å². The summed E-state index contributed by atoms with van der Waals surface area (Å²) in [7, 11) is 2.05. The van der Waals surface area contributed by atoms with Crippen molar-refractivity contribution >= 4 is 22.6 Å². The third kappa shape index (κ3) is 3.54. The molecular weight excluding hydrogens is 386 g/mol. The molecule has 2 heterocycles. The number of ether oxygens (including phenoxy) is 1. The van der Waals surface area contributed by atoms with E-state index in [9.17, 15) is 4.79 Å². The molecule has 0 atom stereocenters. The van der Waals surface area contributed by atoms with Gasteiger partial charge in [-0.15, -0.1) is 0 Å². The van der Waals surface area contributed by atoms with Gasteiger partial charge in [0.2, 0.25) is 0 Å². The van der Waals surface area contributed by atoms with E-state index in [0.29, 0.717) is 23.3 Å². The molecule has 1 aliphatic rings. The summed E-state index contributed by atoms with van der Waals surface area (Å²) in [5.41, 5.74) is 3.58. The van der Waals surface area contributed by atoms with E-state index < -0.39 is 0 Å². The smallest absolute Gasteiger partial charge is 0.255 e. The summed E-state index contributed by atoms with van der Waals surface area (Å²) in [5.74, 6) is 2.43. The first-order valence-electron chi connectivity index (χ1n) is 9.65. The van der Waals surface area contributed by atoms with Crippen LogP contribution in [0.15, 0.2) is 65.6 Å². The highest BCUT2D eigenvalue weighted by Crippen LogP contribution is 2.40. The minimum Gasteiger partial charge on any atom is -0.489 e. The second-order valence-corrected chi connectivity index (χ2v) is 7.90. The Hall–Kier alpha value is -3.05. The molecule has 0 amide bonds. The van der Waals surface area contributed by atoms with Crippen LogP contribution in [0.1, 0.15) is 30.1 Å². The highest BCUT2D eigenvalue weighted by Gasteiger charge is 2.28. The molecule has 5 rings (SSSR count). The average Bonchev–Trinajstić information content (AvgIpc) is 3.52. The lowest BCUT2D eigenvalue weighted by molar-refractivity contribution is 0.306. The number of pyridine rings is 1. The SMILES string of the molecule is Cn1c(C2CC2)nc2ccc(-n3ccc(COc4ccc(Cl)cc4)cc3=O)cc21. The molecule has 146 valence electrons. The lowest BCUT2D eigenvalue weighted by atomic mass is 10.2. The van der Waals surface area contributed by atoms with Gasteiger partial charge in [-0.05, 0) is 66.9 Å². The first-order valence-corrected chi connectivity index (χ1v) is 10.0. The topological polar surface area (TPSA) is 49.0 Å². The van der Waals surface area contributed by atoms with Gasteiger partial charge in [0.1, 0.15) is 18.2 Å². The van der Waals surface area contributed by atoms with Gasteiger partial charge < -0.3 is 9.30 Å². The van der Waals surface area contributed by atoms with E-state index in [1.807, 2.05) is 43.4 Å². The van der Waals surface area contributed by atoms with Gasteiger partial charge in [0, 0.05) is 30.3 Å². The molecule has 0 spiro atoms. The van der Waals surface area contributed by atoms with Crippen molar-refractivity contribution in [2.24, 2.45) is 7.05 Å². The van der Waals surface area contributed by atoms with E-state index in [1.165, 1.54) is 12.8 Å². The van der Waals surface area contributed by atoms with Crippen LogP contribution in [0.4, 0.5) is 0 Å². The van der Waals surface area contributed by atoms with Crippen LogP contribution in [-0.4, -0.2) is 14.1 Å². The predicted octanol–water partition coefficient (Wildman–Crippen LogP) is 4.83. The number of nitrogens with zero attached hydrogens (tertiary/aromatic N) is 3. The van der Waals surface area contributed by atoms with Crippen LogP contribution in [-0.2, 0) is 13.7 Å². The van der Waals surface area contributed by atoms with Crippen LogP contribution in [0.2, 0.25) is 5.02 Å². The average molecular weight is 406 g/mol. The summed E-state index contributed by atoms with van der Waals surface area (Å²) < 4.78 is 9.53. The highest BCUT2D eigenvalue weighted by atomic mass is 35.5. The quantitative estimate of drug-likeness (QED) is 0.477. The number of hydrogen-bond donors (Lipinski definition) is 0. The Morgan fingerprint density at radius 3 is 2.62 bits per heavy atom. The fraction of sp³-hybridized carbons (Fsp3) is 0.217. The standard InChI is InChI=1S/C23H20ClN3O2/c1-26-21-13-18(6-9-20(21)25-23(26)16-2-3-16)27-11-10-15(12-22(27)28)14-29-19-7-4-17(24)5-8-19/h4-13,16H,2-3,14H2,1H3. The molecule has 0 bridgehead atoms. The molecule has 0 radical (unpaired) electrons. The third-order valence-corrected chi connectivity index (χ3v) is 5.57. The number of aromatic nitrogens is 3. The zero-order valence-electron chi connectivity index (χ0n) is 16.0. The Morgan fingerprint density at radius 2 is 1.90 bits per heavy atom. The van der Waals surface area contributed by atoms with Crippen LogP contribution >= 0.6 is 11.6 Å². The number of imidazole rings is 1. The number of aryl methyl sites for hydroxylation is 1. The Kier molecular flexibility index (Phi) is 4.40. The van der Waals surface area contributed by atoms with Crippen molar-refractivity contribution in [3.8, 4) is 11.4 Å². The summed E-state index contributed by atoms with van der Waals surface area (Å²) >= 11 is 5.89. The third-order valence-electron chi connectivity index (χ3n) is 5.32. The van der Waals surface area contributed by atoms with Gasteiger partial charge in [-0.1, -0.05) is 11.6 Å². The second-order valence-electron chi connectivity index (χ2n) is 7.46. The van der Waals surface area contributed by atoms with Gasteiger partial charge in [-0.3, -0.25) is 9.36 Å². The Balaban J connectivity index is 1.40. The molecule has 0 saturated heterocycles. The Labute approximate surface area is 173 Å². The van der Waals surface area contributed by atoms with Gasteiger partial charge >= 0.3 is 0 Å². The van der Waals surface area contributed by atoms with Crippen LogP contribution in [0.5, 0.6) is 5.75 Å². The lowest BCUT2D eigenvalue weighted by Gasteiger charge is -2.09. The molecule has 1 aliphatic carbocycles. The van der Waals surface area contributed by atoms with Gasteiger partial charge in [0.25, 0.3) is 5.56 Å². The summed E-state index contributed by atoms with van der Waals surface area (Å²) in [6.07, 6.45) is 4.22. The molecule has 0 N–H and O–H groups in total. The molecule has 29 heavy (non-hydrogen) atoms. The van der Waals surface area contributed by atoms with E-state index in [1.54, 1.807) is 29.0 Å². The summed E-state index contributed by atoms with van der Waals surface area (Å²) in [6, 6.07) is 16.6. The maximum atomic E-state index is 12.7. The maximum Gasteiger partial charge on any atom is 0.255 e. The lowest BCUT2D eigenvalue weighted by Crippen LogP contribution is -2.17. The van der Waals surface area contributed by atoms with Crippen molar-refractivity contribution in [3.05, 3.63) is 87.6 Å². The van der Waals surface area contributed by atoms with Crippen molar-refractivity contribution in [1.82, 2.24) is 14.1 Å². The van der Waals surface area contributed by atoms with Crippen LogP contribution in [0.25, 0.3) is 16.7 Å². The number of benzene rings is 2. The van der Waals surface area contributed by atoms with E-state index in [4.69, 9.17) is 21.3 Å². The fourth-order valence-electron chi connectivity index (χ4n) is 3.57. The molecule has 5 nitrogen and oxygen atoms in total. The number of hydrogen-bond acceptors (Lipinski definition) is 3. The minimum absolute atomic E-state index is 0.0915. The van der Waals surface area contributed by atoms with Gasteiger partial charge in [-0.2, -0.15) is 0 Å². The fourth-order valence-corrected chi connectivity index (χ4v) is 3.70. The van der Waals surface area contributed by atoms with Crippen molar-refractivity contribution in [1.29, 1.82) is 0 Å². The molecule has 1 saturated carbocycles. The number of fused-ring (bicyclic) bond motifs is 1. The summed E-state index contributed by atoms with van der Waals surface area (Å²) in [5, 5.41) is 0.662. The molecule has 4 aromatic rings. The normalized spacial score (nSPS) is 13.7. The molecule has 0 unspecified atom stereocenters. The van der Waals surface area contributed by atoms with Gasteiger partial charge in [0.15, 0.2) is 0 Å². The Morgan fingerprint density at radius 1 is 1.10 bits per heavy atom. The van der Waals surface area contributed by atoms with E-state index in [-0.39, 0.29) is 5.56 Å². The van der Waals surface area contributed by atoms with Gasteiger partial charge in [-0.25, -0.2) is 4.98 Å². The van der Waals surface area contributed by atoms with Crippen LogP contribution in [0, 0.1) is 0 Å². The second kappa shape index (κ2) is 7.08. The van der Waals surface area contributed by atoms with Crippen molar-refractivity contribution in [3.63, 3.8) is 0 Å². The van der Waals surface area contributed by atoms with Crippen molar-refractivity contribution in [2.45, 2.75) is 25.4 Å². The molecule has 2 aromatic carbocycles. The van der Waals surface area contributed by atoms with E-state index >= 15 is 0 Å². The molecule has 6 heteroatoms. The molecule has 1 fully saturated rings. The highest BCUT2D eigenvalue weighted by molar-refractivity contribution is 6.30. The molecular formula is C23H20ClN3O2. The number of rotatable bonds is 5.